The number of carbonyl (C=O) groups excluding carboxylic acids is 1. The molecule has 0 fully saturated rings. The molecule has 1 heterocycles. The summed E-state index contributed by atoms with van der Waals surface area (Å²) in [6.45, 7) is 5.31. The van der Waals surface area contributed by atoms with Crippen molar-refractivity contribution in [3.63, 3.8) is 0 Å². The number of benzene rings is 1. The van der Waals surface area contributed by atoms with Gasteiger partial charge in [-0.05, 0) is 45.1 Å². The number of hydrogen-bond acceptors (Lipinski definition) is 4. The maximum Gasteiger partial charge on any atom is 0.276 e. The van der Waals surface area contributed by atoms with E-state index < -0.39 is 0 Å². The summed E-state index contributed by atoms with van der Waals surface area (Å²) in [5.41, 5.74) is 3.00. The van der Waals surface area contributed by atoms with Crippen LogP contribution in [-0.4, -0.2) is 34.7 Å². The summed E-state index contributed by atoms with van der Waals surface area (Å²) in [6, 6.07) is 8.79. The van der Waals surface area contributed by atoms with Gasteiger partial charge in [-0.1, -0.05) is 31.0 Å². The molecule has 0 aliphatic rings. The van der Waals surface area contributed by atoms with E-state index in [1.165, 1.54) is 16.8 Å². The van der Waals surface area contributed by atoms with E-state index in [0.717, 1.165) is 36.2 Å². The first-order chi connectivity index (χ1) is 11.9. The number of unbranched alkanes of at least 4 members (excludes halogenated alkanes) is 1. The Hall–Kier alpha value is -2.47. The third-order valence-corrected chi connectivity index (χ3v) is 3.82. The lowest BCUT2D eigenvalue weighted by atomic mass is 10.1. The summed E-state index contributed by atoms with van der Waals surface area (Å²) >= 11 is 0. The Morgan fingerprint density at radius 1 is 1.24 bits per heavy atom. The Balaban J connectivity index is 2.24. The van der Waals surface area contributed by atoms with Gasteiger partial charge in [-0.25, -0.2) is 4.68 Å². The number of aromatic nitrogens is 2. The van der Waals surface area contributed by atoms with Crippen LogP contribution in [0.3, 0.4) is 0 Å². The predicted molar refractivity (Wildman–Crippen MR) is 99.9 cm³/mol. The van der Waals surface area contributed by atoms with Crippen molar-refractivity contribution >= 4 is 11.6 Å². The third-order valence-electron chi connectivity index (χ3n) is 3.82. The van der Waals surface area contributed by atoms with Crippen molar-refractivity contribution in [2.24, 2.45) is 0 Å². The first kappa shape index (κ1) is 18.9. The highest BCUT2D eigenvalue weighted by atomic mass is 16.2. The topological polar surface area (TPSA) is 67.2 Å². The van der Waals surface area contributed by atoms with Crippen LogP contribution >= 0.6 is 0 Å². The van der Waals surface area contributed by atoms with Gasteiger partial charge in [0.05, 0.1) is 0 Å². The van der Waals surface area contributed by atoms with Crippen LogP contribution in [0.2, 0.25) is 0 Å². The van der Waals surface area contributed by atoms with E-state index in [2.05, 4.69) is 16.5 Å². The van der Waals surface area contributed by atoms with Crippen molar-refractivity contribution in [2.45, 2.75) is 39.8 Å². The monoisotopic (exact) mass is 342 g/mol. The predicted octanol–water partition coefficient (Wildman–Crippen LogP) is 2.67. The molecule has 0 aliphatic carbocycles. The zero-order valence-corrected chi connectivity index (χ0v) is 15.4. The highest BCUT2D eigenvalue weighted by molar-refractivity contribution is 6.03. The Kier molecular flexibility index (Phi) is 6.47. The Morgan fingerprint density at radius 2 is 2.00 bits per heavy atom. The molecule has 25 heavy (non-hydrogen) atoms. The van der Waals surface area contributed by atoms with Crippen molar-refractivity contribution in [3.05, 3.63) is 57.5 Å². The SMILES string of the molecule is CCCCn1nc(C(=O)Nc2ccc(C)cc2CN(C)C)ccc1=O. The largest absolute Gasteiger partial charge is 0.320 e. The number of carbonyl (C=O) groups is 1. The van der Waals surface area contributed by atoms with E-state index >= 15 is 0 Å². The average molecular weight is 342 g/mol. The molecule has 0 radical (unpaired) electrons. The summed E-state index contributed by atoms with van der Waals surface area (Å²) in [6.07, 6.45) is 1.81. The molecular weight excluding hydrogens is 316 g/mol. The zero-order valence-electron chi connectivity index (χ0n) is 15.4. The highest BCUT2D eigenvalue weighted by Gasteiger charge is 2.13. The summed E-state index contributed by atoms with van der Waals surface area (Å²) in [5.74, 6) is -0.311. The minimum Gasteiger partial charge on any atom is -0.320 e. The van der Waals surface area contributed by atoms with Gasteiger partial charge in [0.25, 0.3) is 11.5 Å². The van der Waals surface area contributed by atoms with Crippen molar-refractivity contribution in [2.75, 3.05) is 19.4 Å². The quantitative estimate of drug-likeness (QED) is 0.840. The normalized spacial score (nSPS) is 10.9. The molecule has 0 spiro atoms. The summed E-state index contributed by atoms with van der Waals surface area (Å²) in [7, 11) is 3.97. The minimum absolute atomic E-state index is 0.186. The summed E-state index contributed by atoms with van der Waals surface area (Å²) < 4.78 is 1.36. The number of nitrogens with zero attached hydrogens (tertiary/aromatic N) is 3. The molecule has 0 bridgehead atoms. The van der Waals surface area contributed by atoms with Crippen LogP contribution in [0.15, 0.2) is 35.1 Å². The molecule has 134 valence electrons. The number of anilines is 1. The fraction of sp³-hybridized carbons (Fsp3) is 0.421. The first-order valence-electron chi connectivity index (χ1n) is 8.54. The molecule has 0 atom stereocenters. The van der Waals surface area contributed by atoms with Gasteiger partial charge in [0.2, 0.25) is 0 Å². The highest BCUT2D eigenvalue weighted by Crippen LogP contribution is 2.19. The third kappa shape index (κ3) is 5.26. The van der Waals surface area contributed by atoms with Crippen molar-refractivity contribution in [1.29, 1.82) is 0 Å². The van der Waals surface area contributed by atoms with Crippen LogP contribution in [0.4, 0.5) is 5.69 Å². The molecule has 1 aromatic heterocycles. The molecule has 1 aromatic carbocycles. The number of aryl methyl sites for hydroxylation is 2. The summed E-state index contributed by atoms with van der Waals surface area (Å²) in [4.78, 5) is 26.5. The van der Waals surface area contributed by atoms with Gasteiger partial charge in [-0.3, -0.25) is 9.59 Å². The lowest BCUT2D eigenvalue weighted by Crippen LogP contribution is -2.26. The Labute approximate surface area is 148 Å². The van der Waals surface area contributed by atoms with E-state index in [9.17, 15) is 9.59 Å². The maximum absolute atomic E-state index is 12.6. The fourth-order valence-electron chi connectivity index (χ4n) is 2.54. The summed E-state index contributed by atoms with van der Waals surface area (Å²) in [5, 5.41) is 7.11. The van der Waals surface area contributed by atoms with Gasteiger partial charge in [0.15, 0.2) is 0 Å². The number of rotatable bonds is 7. The molecule has 1 N–H and O–H groups in total. The smallest absolute Gasteiger partial charge is 0.276 e. The number of nitrogens with one attached hydrogen (secondary N) is 1. The molecular formula is C19H26N4O2. The van der Waals surface area contributed by atoms with Crippen LogP contribution in [-0.2, 0) is 13.1 Å². The van der Waals surface area contributed by atoms with E-state index in [1.807, 2.05) is 45.0 Å². The van der Waals surface area contributed by atoms with Crippen molar-refractivity contribution in [3.8, 4) is 0 Å². The molecule has 1 amide bonds. The first-order valence-corrected chi connectivity index (χ1v) is 8.54. The van der Waals surface area contributed by atoms with Gasteiger partial charge >= 0.3 is 0 Å². The zero-order chi connectivity index (χ0) is 18.4. The lowest BCUT2D eigenvalue weighted by molar-refractivity contribution is 0.101. The van der Waals surface area contributed by atoms with E-state index in [4.69, 9.17) is 0 Å². The lowest BCUT2D eigenvalue weighted by Gasteiger charge is -2.16. The number of amides is 1. The van der Waals surface area contributed by atoms with Gasteiger partial charge in [0.1, 0.15) is 5.69 Å². The Bertz CT molecular complexity index is 796. The second-order valence-corrected chi connectivity index (χ2v) is 6.49. The van der Waals surface area contributed by atoms with Crippen LogP contribution in [0.5, 0.6) is 0 Å². The van der Waals surface area contributed by atoms with Crippen molar-refractivity contribution in [1.82, 2.24) is 14.7 Å². The van der Waals surface area contributed by atoms with Gasteiger partial charge < -0.3 is 10.2 Å². The maximum atomic E-state index is 12.6. The number of hydrogen-bond donors (Lipinski definition) is 1. The van der Waals surface area contributed by atoms with Crippen LogP contribution in [0.25, 0.3) is 0 Å². The standard InChI is InChI=1S/C19H26N4O2/c1-5-6-11-23-18(24)10-9-17(21-23)19(25)20-16-8-7-14(2)12-15(16)13-22(3)4/h7-10,12H,5-6,11,13H2,1-4H3,(H,20,25). The van der Waals surface area contributed by atoms with Crippen molar-refractivity contribution < 1.29 is 4.79 Å². The average Bonchev–Trinajstić information content (AvgIpc) is 2.56. The van der Waals surface area contributed by atoms with E-state index in [0.29, 0.717) is 6.54 Å². The van der Waals surface area contributed by atoms with Gasteiger partial charge in [-0.2, -0.15) is 5.10 Å². The van der Waals surface area contributed by atoms with E-state index in [-0.39, 0.29) is 17.2 Å². The molecule has 2 rings (SSSR count). The molecule has 2 aromatic rings. The molecule has 0 saturated heterocycles. The molecule has 0 unspecified atom stereocenters. The fourth-order valence-corrected chi connectivity index (χ4v) is 2.54. The van der Waals surface area contributed by atoms with Gasteiger partial charge in [0, 0.05) is 24.8 Å². The molecule has 0 aliphatic heterocycles. The van der Waals surface area contributed by atoms with E-state index in [1.54, 1.807) is 0 Å². The molecule has 0 saturated carbocycles. The van der Waals surface area contributed by atoms with Gasteiger partial charge in [-0.15, -0.1) is 0 Å². The second-order valence-electron chi connectivity index (χ2n) is 6.49. The van der Waals surface area contributed by atoms with Crippen LogP contribution < -0.4 is 10.9 Å². The van der Waals surface area contributed by atoms with Crippen LogP contribution in [0, 0.1) is 6.92 Å². The second kappa shape index (κ2) is 8.58. The molecule has 6 heteroatoms. The van der Waals surface area contributed by atoms with Crippen LogP contribution in [0.1, 0.15) is 41.4 Å². The Morgan fingerprint density at radius 3 is 2.68 bits per heavy atom. The minimum atomic E-state index is -0.311. The molecule has 6 nitrogen and oxygen atoms in total.